The van der Waals surface area contributed by atoms with Crippen LogP contribution in [-0.4, -0.2) is 17.1 Å². The molecule has 0 fully saturated rings. The highest BCUT2D eigenvalue weighted by molar-refractivity contribution is 6.31. The lowest BCUT2D eigenvalue weighted by atomic mass is 9.98. The largest absolute Gasteiger partial charge is 0.497 e. The second kappa shape index (κ2) is 8.21. The zero-order valence-corrected chi connectivity index (χ0v) is 17.7. The van der Waals surface area contributed by atoms with E-state index in [4.69, 9.17) is 26.3 Å². The Morgan fingerprint density at radius 3 is 2.19 bits per heavy atom. The standard InChI is InChI=1S/C27H19ClN2O/c1-31-21-14-11-18(12-15-21)24-17-20(28)13-16-22(24)27-29-25-10-6-5-9-23(25)26(30-27)19-7-3-2-4-8-19/h2-17H,1H3. The lowest BCUT2D eigenvalue weighted by Crippen LogP contribution is -1.97. The summed E-state index contributed by atoms with van der Waals surface area (Å²) in [6.07, 6.45) is 0. The molecule has 5 aromatic rings. The molecular weight excluding hydrogens is 404 g/mol. The van der Waals surface area contributed by atoms with E-state index in [2.05, 4.69) is 18.2 Å². The Bertz CT molecular complexity index is 1370. The molecule has 0 saturated heterocycles. The Morgan fingerprint density at radius 2 is 1.42 bits per heavy atom. The first-order valence-corrected chi connectivity index (χ1v) is 10.4. The minimum absolute atomic E-state index is 0.665. The van der Waals surface area contributed by atoms with Crippen LogP contribution < -0.4 is 4.74 Å². The van der Waals surface area contributed by atoms with Gasteiger partial charge in [-0.05, 0) is 47.5 Å². The molecule has 150 valence electrons. The molecule has 0 saturated carbocycles. The molecule has 5 rings (SSSR count). The maximum absolute atomic E-state index is 6.37. The van der Waals surface area contributed by atoms with Crippen LogP contribution in [0.15, 0.2) is 97.1 Å². The maximum atomic E-state index is 6.37. The summed E-state index contributed by atoms with van der Waals surface area (Å²) in [6, 6.07) is 32.1. The summed E-state index contributed by atoms with van der Waals surface area (Å²) in [5.41, 5.74) is 5.80. The molecule has 31 heavy (non-hydrogen) atoms. The van der Waals surface area contributed by atoms with Crippen molar-refractivity contribution in [2.45, 2.75) is 0 Å². The van der Waals surface area contributed by atoms with Crippen molar-refractivity contribution in [1.82, 2.24) is 9.97 Å². The van der Waals surface area contributed by atoms with E-state index in [0.29, 0.717) is 10.8 Å². The van der Waals surface area contributed by atoms with Gasteiger partial charge < -0.3 is 4.74 Å². The molecule has 0 radical (unpaired) electrons. The number of para-hydroxylation sites is 1. The maximum Gasteiger partial charge on any atom is 0.161 e. The number of rotatable bonds is 4. The molecule has 1 heterocycles. The van der Waals surface area contributed by atoms with Crippen LogP contribution in [0.4, 0.5) is 0 Å². The highest BCUT2D eigenvalue weighted by Crippen LogP contribution is 2.36. The van der Waals surface area contributed by atoms with Crippen molar-refractivity contribution < 1.29 is 4.74 Å². The van der Waals surface area contributed by atoms with Crippen molar-refractivity contribution >= 4 is 22.5 Å². The third-order valence-corrected chi connectivity index (χ3v) is 5.51. The van der Waals surface area contributed by atoms with Gasteiger partial charge in [0.05, 0.1) is 18.3 Å². The van der Waals surface area contributed by atoms with Gasteiger partial charge >= 0.3 is 0 Å². The molecule has 0 N–H and O–H groups in total. The van der Waals surface area contributed by atoms with Crippen molar-refractivity contribution in [3.63, 3.8) is 0 Å². The minimum atomic E-state index is 0.665. The fraction of sp³-hybridized carbons (Fsp3) is 0.0370. The Kier molecular flexibility index (Phi) is 5.11. The van der Waals surface area contributed by atoms with E-state index in [1.54, 1.807) is 7.11 Å². The predicted molar refractivity (Wildman–Crippen MR) is 127 cm³/mol. The molecule has 0 spiro atoms. The topological polar surface area (TPSA) is 35.0 Å². The normalized spacial score (nSPS) is 10.9. The van der Waals surface area contributed by atoms with E-state index >= 15 is 0 Å². The summed E-state index contributed by atoms with van der Waals surface area (Å²) in [6.45, 7) is 0. The molecule has 4 heteroatoms. The molecule has 1 aromatic heterocycles. The number of halogens is 1. The van der Waals surface area contributed by atoms with Crippen LogP contribution in [0, 0.1) is 0 Å². The number of nitrogens with zero attached hydrogens (tertiary/aromatic N) is 2. The number of ether oxygens (including phenoxy) is 1. The van der Waals surface area contributed by atoms with Gasteiger partial charge in [0.25, 0.3) is 0 Å². The predicted octanol–water partition coefficient (Wildman–Crippen LogP) is 7.29. The van der Waals surface area contributed by atoms with E-state index in [-0.39, 0.29) is 0 Å². The fourth-order valence-corrected chi connectivity index (χ4v) is 3.91. The first-order valence-electron chi connectivity index (χ1n) is 9.99. The molecule has 0 bridgehead atoms. The molecule has 3 nitrogen and oxygen atoms in total. The van der Waals surface area contributed by atoms with Crippen LogP contribution in [-0.2, 0) is 0 Å². The zero-order valence-electron chi connectivity index (χ0n) is 16.9. The van der Waals surface area contributed by atoms with Crippen molar-refractivity contribution in [3.8, 4) is 39.5 Å². The van der Waals surface area contributed by atoms with Crippen LogP contribution in [0.1, 0.15) is 0 Å². The van der Waals surface area contributed by atoms with Crippen molar-refractivity contribution in [2.24, 2.45) is 0 Å². The van der Waals surface area contributed by atoms with Gasteiger partial charge in [-0.2, -0.15) is 0 Å². The molecule has 0 amide bonds. The second-order valence-corrected chi connectivity index (χ2v) is 7.63. The van der Waals surface area contributed by atoms with E-state index in [1.165, 1.54) is 0 Å². The number of aromatic nitrogens is 2. The molecule has 4 aromatic carbocycles. The van der Waals surface area contributed by atoms with Gasteiger partial charge in [0.15, 0.2) is 5.82 Å². The highest BCUT2D eigenvalue weighted by atomic mass is 35.5. The van der Waals surface area contributed by atoms with Crippen molar-refractivity contribution in [1.29, 1.82) is 0 Å². The lowest BCUT2D eigenvalue weighted by Gasteiger charge is -2.13. The summed E-state index contributed by atoms with van der Waals surface area (Å²) < 4.78 is 5.31. The average Bonchev–Trinajstić information content (AvgIpc) is 2.84. The average molecular weight is 423 g/mol. The smallest absolute Gasteiger partial charge is 0.161 e. The van der Waals surface area contributed by atoms with Gasteiger partial charge in [-0.15, -0.1) is 0 Å². The van der Waals surface area contributed by atoms with Gasteiger partial charge in [0.1, 0.15) is 5.75 Å². The number of hydrogen-bond acceptors (Lipinski definition) is 3. The molecule has 0 aliphatic carbocycles. The monoisotopic (exact) mass is 422 g/mol. The van der Waals surface area contributed by atoms with E-state index < -0.39 is 0 Å². The lowest BCUT2D eigenvalue weighted by molar-refractivity contribution is 0.415. The third kappa shape index (κ3) is 3.76. The fourth-order valence-electron chi connectivity index (χ4n) is 3.73. The van der Waals surface area contributed by atoms with Crippen LogP contribution in [0.3, 0.4) is 0 Å². The van der Waals surface area contributed by atoms with Crippen LogP contribution in [0.2, 0.25) is 5.02 Å². The van der Waals surface area contributed by atoms with Crippen LogP contribution >= 0.6 is 11.6 Å². The van der Waals surface area contributed by atoms with Crippen LogP contribution in [0.25, 0.3) is 44.7 Å². The molecule has 0 unspecified atom stereocenters. The number of methoxy groups -OCH3 is 1. The van der Waals surface area contributed by atoms with E-state index in [9.17, 15) is 0 Å². The van der Waals surface area contributed by atoms with E-state index in [1.807, 2.05) is 78.9 Å². The van der Waals surface area contributed by atoms with Gasteiger partial charge in [0.2, 0.25) is 0 Å². The second-order valence-electron chi connectivity index (χ2n) is 7.20. The summed E-state index contributed by atoms with van der Waals surface area (Å²) in [4.78, 5) is 9.91. The van der Waals surface area contributed by atoms with E-state index in [0.717, 1.165) is 44.6 Å². The quantitative estimate of drug-likeness (QED) is 0.305. The number of benzene rings is 4. The highest BCUT2D eigenvalue weighted by Gasteiger charge is 2.15. The van der Waals surface area contributed by atoms with Gasteiger partial charge in [0, 0.05) is 21.5 Å². The third-order valence-electron chi connectivity index (χ3n) is 5.27. The minimum Gasteiger partial charge on any atom is -0.497 e. The Hall–Kier alpha value is -3.69. The molecule has 0 aliphatic rings. The zero-order chi connectivity index (χ0) is 21.2. The number of fused-ring (bicyclic) bond motifs is 1. The summed E-state index contributed by atoms with van der Waals surface area (Å²) in [5.74, 6) is 1.47. The number of hydrogen-bond donors (Lipinski definition) is 0. The summed E-state index contributed by atoms with van der Waals surface area (Å²) in [5, 5.41) is 1.69. The summed E-state index contributed by atoms with van der Waals surface area (Å²) >= 11 is 6.37. The Morgan fingerprint density at radius 1 is 0.677 bits per heavy atom. The molecule has 0 atom stereocenters. The Balaban J connectivity index is 1.75. The van der Waals surface area contributed by atoms with Crippen molar-refractivity contribution in [3.05, 3.63) is 102 Å². The summed E-state index contributed by atoms with van der Waals surface area (Å²) in [7, 11) is 1.66. The molecular formula is C27H19ClN2O. The van der Waals surface area contributed by atoms with Gasteiger partial charge in [-0.25, -0.2) is 9.97 Å². The van der Waals surface area contributed by atoms with Gasteiger partial charge in [-0.1, -0.05) is 72.3 Å². The first kappa shape index (κ1) is 19.3. The Labute approximate surface area is 186 Å². The molecule has 0 aliphatic heterocycles. The van der Waals surface area contributed by atoms with Crippen LogP contribution in [0.5, 0.6) is 5.75 Å². The van der Waals surface area contributed by atoms with Crippen molar-refractivity contribution in [2.75, 3.05) is 7.11 Å². The first-order chi connectivity index (χ1) is 15.2. The van der Waals surface area contributed by atoms with Gasteiger partial charge in [-0.3, -0.25) is 0 Å². The SMILES string of the molecule is COc1ccc(-c2cc(Cl)ccc2-c2nc(-c3ccccc3)c3ccccc3n2)cc1.